The molecule has 0 saturated carbocycles. The third kappa shape index (κ3) is 14.7. The van der Waals surface area contributed by atoms with Crippen molar-refractivity contribution in [1.82, 2.24) is 0 Å². The van der Waals surface area contributed by atoms with Gasteiger partial charge in [0, 0.05) is 5.33 Å². The number of alkyl halides is 1. The quantitative estimate of drug-likeness (QED) is 0.215. The predicted octanol–water partition coefficient (Wildman–Crippen LogP) is 7.50. The predicted molar refractivity (Wildman–Crippen MR) is 93.3 cm³/mol. The van der Waals surface area contributed by atoms with E-state index in [4.69, 9.17) is 0 Å². The van der Waals surface area contributed by atoms with E-state index in [1.807, 2.05) is 0 Å². The third-order valence-corrected chi connectivity index (χ3v) is 4.74. The Labute approximate surface area is 131 Å². The van der Waals surface area contributed by atoms with Gasteiger partial charge in [-0.3, -0.25) is 0 Å². The molecule has 0 nitrogen and oxygen atoms in total. The Morgan fingerprint density at radius 1 is 0.579 bits per heavy atom. The van der Waals surface area contributed by atoms with Crippen molar-refractivity contribution >= 4 is 15.9 Å². The topological polar surface area (TPSA) is 0 Å². The molecule has 0 aliphatic carbocycles. The lowest BCUT2D eigenvalue weighted by molar-refractivity contribution is 0.379. The van der Waals surface area contributed by atoms with Crippen molar-refractivity contribution < 1.29 is 0 Å². The highest BCUT2D eigenvalue weighted by atomic mass is 79.9. The van der Waals surface area contributed by atoms with Crippen LogP contribution in [0.4, 0.5) is 0 Å². The molecule has 1 heteroatoms. The van der Waals surface area contributed by atoms with Crippen molar-refractivity contribution in [3.05, 3.63) is 0 Å². The molecule has 1 unspecified atom stereocenters. The Balaban J connectivity index is 3.55. The minimum absolute atomic E-state index is 1.01. The number of halogens is 1. The molecule has 0 radical (unpaired) electrons. The Bertz CT molecular complexity index is 156. The van der Waals surface area contributed by atoms with Crippen molar-refractivity contribution in [3.8, 4) is 0 Å². The summed E-state index contributed by atoms with van der Waals surface area (Å²) in [5.41, 5.74) is 0. The van der Waals surface area contributed by atoms with Gasteiger partial charge in [0.2, 0.25) is 0 Å². The fourth-order valence-electron chi connectivity index (χ4n) is 2.87. The van der Waals surface area contributed by atoms with E-state index in [1.54, 1.807) is 0 Å². The fraction of sp³-hybridized carbons (Fsp3) is 1.00. The number of hydrogen-bond donors (Lipinski definition) is 0. The van der Waals surface area contributed by atoms with Crippen LogP contribution in [0, 0.1) is 5.92 Å². The molecule has 0 rings (SSSR count). The van der Waals surface area contributed by atoms with Crippen LogP contribution in [0.25, 0.3) is 0 Å². The molecule has 0 amide bonds. The van der Waals surface area contributed by atoms with Gasteiger partial charge in [-0.15, -0.1) is 0 Å². The van der Waals surface area contributed by atoms with E-state index >= 15 is 0 Å². The molecular weight excluding hydrogens is 296 g/mol. The first-order valence-corrected chi connectivity index (χ1v) is 10.0. The molecule has 0 aliphatic rings. The van der Waals surface area contributed by atoms with E-state index in [0.717, 1.165) is 5.92 Å². The van der Waals surface area contributed by atoms with Crippen molar-refractivity contribution in [2.75, 3.05) is 5.33 Å². The van der Waals surface area contributed by atoms with Gasteiger partial charge >= 0.3 is 0 Å². The maximum Gasteiger partial charge on any atom is 0.00314 e. The first kappa shape index (κ1) is 19.5. The summed E-state index contributed by atoms with van der Waals surface area (Å²) in [6.45, 7) is 4.60. The lowest BCUT2D eigenvalue weighted by Crippen LogP contribution is -2.01. The molecule has 0 bridgehead atoms. The summed E-state index contributed by atoms with van der Waals surface area (Å²) in [7, 11) is 0. The Morgan fingerprint density at radius 2 is 1.00 bits per heavy atom. The highest BCUT2D eigenvalue weighted by molar-refractivity contribution is 9.09. The van der Waals surface area contributed by atoms with Gasteiger partial charge in [-0.05, 0) is 18.8 Å². The molecule has 0 aromatic rings. The molecule has 1 atom stereocenters. The van der Waals surface area contributed by atoms with Crippen molar-refractivity contribution in [2.45, 2.75) is 104 Å². The zero-order valence-corrected chi connectivity index (χ0v) is 15.1. The molecule has 0 fully saturated rings. The molecule has 0 heterocycles. The monoisotopic (exact) mass is 332 g/mol. The summed E-state index contributed by atoms with van der Waals surface area (Å²) in [4.78, 5) is 0. The smallest absolute Gasteiger partial charge is 0.00314 e. The minimum Gasteiger partial charge on any atom is -0.0928 e. The lowest BCUT2D eigenvalue weighted by Gasteiger charge is -2.16. The summed E-state index contributed by atoms with van der Waals surface area (Å²) in [5, 5.41) is 1.19. The SMILES string of the molecule is CCCCCCCCC(CCCBr)CCCCCC. The van der Waals surface area contributed by atoms with E-state index < -0.39 is 0 Å². The van der Waals surface area contributed by atoms with Crippen LogP contribution in [-0.4, -0.2) is 5.33 Å². The van der Waals surface area contributed by atoms with Crippen molar-refractivity contribution in [2.24, 2.45) is 5.92 Å². The first-order valence-electron chi connectivity index (χ1n) is 8.91. The van der Waals surface area contributed by atoms with E-state index in [-0.39, 0.29) is 0 Å². The summed E-state index contributed by atoms with van der Waals surface area (Å²) in [5.74, 6) is 1.01. The first-order chi connectivity index (χ1) is 9.35. The van der Waals surface area contributed by atoms with Crippen LogP contribution in [0.5, 0.6) is 0 Å². The molecule has 0 N–H and O–H groups in total. The maximum absolute atomic E-state index is 3.58. The van der Waals surface area contributed by atoms with Gasteiger partial charge in [0.15, 0.2) is 0 Å². The zero-order chi connectivity index (χ0) is 14.2. The fourth-order valence-corrected chi connectivity index (χ4v) is 3.20. The molecular formula is C18H37Br. The lowest BCUT2D eigenvalue weighted by atomic mass is 9.91. The van der Waals surface area contributed by atoms with Gasteiger partial charge < -0.3 is 0 Å². The summed E-state index contributed by atoms with van der Waals surface area (Å²) in [6.07, 6.45) is 20.2. The Kier molecular flexibility index (Phi) is 17.0. The van der Waals surface area contributed by atoms with Gasteiger partial charge in [-0.25, -0.2) is 0 Å². The van der Waals surface area contributed by atoms with Gasteiger partial charge in [-0.1, -0.05) is 107 Å². The second-order valence-electron chi connectivity index (χ2n) is 6.10. The van der Waals surface area contributed by atoms with Crippen LogP contribution >= 0.6 is 15.9 Å². The molecule has 0 aliphatic heterocycles. The molecule has 0 aromatic heterocycles. The van der Waals surface area contributed by atoms with E-state index in [2.05, 4.69) is 29.8 Å². The van der Waals surface area contributed by atoms with Crippen LogP contribution in [0.1, 0.15) is 104 Å². The van der Waals surface area contributed by atoms with Gasteiger partial charge in [0.25, 0.3) is 0 Å². The largest absolute Gasteiger partial charge is 0.0928 e. The van der Waals surface area contributed by atoms with Crippen molar-refractivity contribution in [1.29, 1.82) is 0 Å². The van der Waals surface area contributed by atoms with Crippen molar-refractivity contribution in [3.63, 3.8) is 0 Å². The van der Waals surface area contributed by atoms with E-state index in [9.17, 15) is 0 Å². The molecule has 0 saturated heterocycles. The second-order valence-corrected chi connectivity index (χ2v) is 6.90. The van der Waals surface area contributed by atoms with Crippen LogP contribution in [0.3, 0.4) is 0 Å². The molecule has 116 valence electrons. The molecule has 0 spiro atoms. The highest BCUT2D eigenvalue weighted by Crippen LogP contribution is 2.23. The number of hydrogen-bond acceptors (Lipinski definition) is 0. The van der Waals surface area contributed by atoms with Gasteiger partial charge in [-0.2, -0.15) is 0 Å². The van der Waals surface area contributed by atoms with E-state index in [1.165, 1.54) is 95.2 Å². The number of unbranched alkanes of at least 4 members (excludes halogenated alkanes) is 8. The van der Waals surface area contributed by atoms with Crippen LogP contribution in [-0.2, 0) is 0 Å². The standard InChI is InChI=1S/C18H37Br/c1-3-5-7-9-10-12-15-18(16-13-17-19)14-11-8-6-4-2/h18H,3-17H2,1-2H3. The van der Waals surface area contributed by atoms with E-state index in [0.29, 0.717) is 0 Å². The Morgan fingerprint density at radius 3 is 1.53 bits per heavy atom. The third-order valence-electron chi connectivity index (χ3n) is 4.18. The second kappa shape index (κ2) is 16.5. The maximum atomic E-state index is 3.58. The normalized spacial score (nSPS) is 12.8. The summed E-state index contributed by atoms with van der Waals surface area (Å²) < 4.78 is 0. The van der Waals surface area contributed by atoms with Crippen LogP contribution < -0.4 is 0 Å². The highest BCUT2D eigenvalue weighted by Gasteiger charge is 2.08. The molecule has 0 aromatic carbocycles. The number of rotatable bonds is 15. The molecule has 19 heavy (non-hydrogen) atoms. The van der Waals surface area contributed by atoms with Crippen LogP contribution in [0.2, 0.25) is 0 Å². The zero-order valence-electron chi connectivity index (χ0n) is 13.6. The van der Waals surface area contributed by atoms with Gasteiger partial charge in [0.05, 0.1) is 0 Å². The average molecular weight is 333 g/mol. The average Bonchev–Trinajstić information content (AvgIpc) is 2.43. The van der Waals surface area contributed by atoms with Crippen LogP contribution in [0.15, 0.2) is 0 Å². The Hall–Kier alpha value is 0.480. The minimum atomic E-state index is 1.01. The summed E-state index contributed by atoms with van der Waals surface area (Å²) >= 11 is 3.58. The van der Waals surface area contributed by atoms with Gasteiger partial charge in [0.1, 0.15) is 0 Å². The summed E-state index contributed by atoms with van der Waals surface area (Å²) in [6, 6.07) is 0.